The van der Waals surface area contributed by atoms with Crippen LogP contribution >= 0.6 is 11.6 Å². The van der Waals surface area contributed by atoms with E-state index in [1.165, 1.54) is 0 Å². The number of aromatic nitrogens is 1. The van der Waals surface area contributed by atoms with Gasteiger partial charge < -0.3 is 14.6 Å². The van der Waals surface area contributed by atoms with Crippen molar-refractivity contribution in [1.29, 1.82) is 0 Å². The average molecular weight is 375 g/mol. The van der Waals surface area contributed by atoms with Crippen LogP contribution in [0.4, 0.5) is 0 Å². The average Bonchev–Trinajstić information content (AvgIpc) is 2.95. The lowest BCUT2D eigenvalue weighted by atomic mass is 9.93. The van der Waals surface area contributed by atoms with E-state index in [9.17, 15) is 4.79 Å². The Labute approximate surface area is 160 Å². The van der Waals surface area contributed by atoms with E-state index in [0.717, 1.165) is 48.3 Å². The number of ether oxygens (including phenoxy) is 1. The quantitative estimate of drug-likeness (QED) is 0.758. The fraction of sp³-hybridized carbons (Fsp3) is 0.476. The molecular weight excluding hydrogens is 348 g/mol. The van der Waals surface area contributed by atoms with Gasteiger partial charge in [-0.25, -0.2) is 0 Å². The van der Waals surface area contributed by atoms with Crippen molar-refractivity contribution in [3.8, 4) is 5.69 Å². The van der Waals surface area contributed by atoms with Crippen molar-refractivity contribution in [2.75, 3.05) is 13.7 Å². The molecule has 0 spiro atoms. The number of nitrogens with zero attached hydrogens (tertiary/aromatic N) is 1. The molecule has 0 aliphatic heterocycles. The molecule has 5 heteroatoms. The van der Waals surface area contributed by atoms with Crippen LogP contribution in [0.1, 0.15) is 47.4 Å². The van der Waals surface area contributed by atoms with Crippen LogP contribution in [-0.4, -0.2) is 36.2 Å². The predicted octanol–water partition coefficient (Wildman–Crippen LogP) is 4.48. The van der Waals surface area contributed by atoms with Crippen LogP contribution in [0.15, 0.2) is 30.3 Å². The Morgan fingerprint density at radius 1 is 1.19 bits per heavy atom. The molecule has 0 unspecified atom stereocenters. The van der Waals surface area contributed by atoms with Gasteiger partial charge in [-0.15, -0.1) is 0 Å². The molecule has 0 atom stereocenters. The molecule has 0 bridgehead atoms. The van der Waals surface area contributed by atoms with E-state index in [2.05, 4.69) is 9.88 Å². The summed E-state index contributed by atoms with van der Waals surface area (Å²) in [4.78, 5) is 12.8. The minimum Gasteiger partial charge on any atom is -0.381 e. The van der Waals surface area contributed by atoms with E-state index in [-0.39, 0.29) is 5.78 Å². The molecule has 1 aromatic carbocycles. The number of aryl methyl sites for hydroxylation is 1. The van der Waals surface area contributed by atoms with E-state index in [1.54, 1.807) is 7.11 Å². The number of carbonyl (C=O) groups excluding carboxylic acids is 1. The highest BCUT2D eigenvalue weighted by Crippen LogP contribution is 2.23. The first-order valence-electron chi connectivity index (χ1n) is 9.24. The number of rotatable bonds is 6. The van der Waals surface area contributed by atoms with Crippen LogP contribution in [0.3, 0.4) is 0 Å². The topological polar surface area (TPSA) is 43.3 Å². The molecule has 26 heavy (non-hydrogen) atoms. The fourth-order valence-electron chi connectivity index (χ4n) is 3.87. The summed E-state index contributed by atoms with van der Waals surface area (Å²) in [6.07, 6.45) is 4.63. The molecular formula is C21H27ClN2O2. The molecule has 140 valence electrons. The highest BCUT2D eigenvalue weighted by molar-refractivity contribution is 6.30. The third-order valence-electron chi connectivity index (χ3n) is 5.38. The molecule has 1 N–H and O–H groups in total. The van der Waals surface area contributed by atoms with Crippen molar-refractivity contribution in [3.63, 3.8) is 0 Å². The van der Waals surface area contributed by atoms with Gasteiger partial charge in [0.1, 0.15) is 0 Å². The number of hydrogen-bond donors (Lipinski definition) is 1. The third kappa shape index (κ3) is 4.20. The van der Waals surface area contributed by atoms with Gasteiger partial charge in [-0.2, -0.15) is 0 Å². The molecule has 0 saturated heterocycles. The van der Waals surface area contributed by atoms with Crippen molar-refractivity contribution in [3.05, 3.63) is 52.3 Å². The molecule has 3 rings (SSSR count). The normalized spacial score (nSPS) is 20.3. The zero-order valence-electron chi connectivity index (χ0n) is 15.7. The van der Waals surface area contributed by atoms with Gasteiger partial charge in [0.15, 0.2) is 5.78 Å². The van der Waals surface area contributed by atoms with Gasteiger partial charge in [-0.1, -0.05) is 11.6 Å². The molecule has 4 nitrogen and oxygen atoms in total. The van der Waals surface area contributed by atoms with E-state index in [0.29, 0.717) is 23.7 Å². The van der Waals surface area contributed by atoms with Gasteiger partial charge in [-0.05, 0) is 69.9 Å². The molecule has 0 radical (unpaired) electrons. The number of nitrogens with one attached hydrogen (secondary N) is 1. The first-order chi connectivity index (χ1) is 12.5. The van der Waals surface area contributed by atoms with Gasteiger partial charge in [0.2, 0.25) is 0 Å². The SMILES string of the molecule is COC1CCC(NCC(=O)c2cc(C)n(-c3ccc(Cl)cc3)c2C)CC1. The predicted molar refractivity (Wildman–Crippen MR) is 106 cm³/mol. The van der Waals surface area contributed by atoms with Crippen LogP contribution < -0.4 is 5.32 Å². The zero-order chi connectivity index (χ0) is 18.7. The second kappa shape index (κ2) is 8.38. The maximum absolute atomic E-state index is 12.8. The summed E-state index contributed by atoms with van der Waals surface area (Å²) in [7, 11) is 1.78. The lowest BCUT2D eigenvalue weighted by Gasteiger charge is -2.28. The van der Waals surface area contributed by atoms with Crippen molar-refractivity contribution in [1.82, 2.24) is 9.88 Å². The van der Waals surface area contributed by atoms with E-state index in [4.69, 9.17) is 16.3 Å². The Balaban J connectivity index is 1.67. The molecule has 1 aromatic heterocycles. The maximum Gasteiger partial charge on any atom is 0.178 e. The fourth-order valence-corrected chi connectivity index (χ4v) is 3.99. The molecule has 1 aliphatic rings. The smallest absolute Gasteiger partial charge is 0.178 e. The Hall–Kier alpha value is -1.62. The zero-order valence-corrected chi connectivity index (χ0v) is 16.5. The van der Waals surface area contributed by atoms with E-state index < -0.39 is 0 Å². The van der Waals surface area contributed by atoms with Gasteiger partial charge >= 0.3 is 0 Å². The van der Waals surface area contributed by atoms with Gasteiger partial charge in [-0.3, -0.25) is 4.79 Å². The van der Waals surface area contributed by atoms with E-state index in [1.807, 2.05) is 44.2 Å². The molecule has 1 saturated carbocycles. The number of carbonyl (C=O) groups is 1. The summed E-state index contributed by atoms with van der Waals surface area (Å²) in [6.45, 7) is 4.41. The minimum atomic E-state index is 0.146. The summed E-state index contributed by atoms with van der Waals surface area (Å²) in [5.41, 5.74) is 3.83. The largest absolute Gasteiger partial charge is 0.381 e. The van der Waals surface area contributed by atoms with Crippen molar-refractivity contribution in [2.45, 2.75) is 51.7 Å². The van der Waals surface area contributed by atoms with Gasteiger partial charge in [0, 0.05) is 40.8 Å². The van der Waals surface area contributed by atoms with Crippen LogP contribution in [0.25, 0.3) is 5.69 Å². The van der Waals surface area contributed by atoms with Crippen LogP contribution in [-0.2, 0) is 4.74 Å². The molecule has 1 heterocycles. The van der Waals surface area contributed by atoms with Crippen LogP contribution in [0.2, 0.25) is 5.02 Å². The number of ketones is 1. The van der Waals surface area contributed by atoms with Crippen molar-refractivity contribution < 1.29 is 9.53 Å². The summed E-state index contributed by atoms with van der Waals surface area (Å²) in [5, 5.41) is 4.14. The first-order valence-corrected chi connectivity index (χ1v) is 9.61. The van der Waals surface area contributed by atoms with Crippen LogP contribution in [0, 0.1) is 13.8 Å². The summed E-state index contributed by atoms with van der Waals surface area (Å²) in [5.74, 6) is 0.146. The highest BCUT2D eigenvalue weighted by atomic mass is 35.5. The maximum atomic E-state index is 12.8. The second-order valence-electron chi connectivity index (χ2n) is 7.11. The highest BCUT2D eigenvalue weighted by Gasteiger charge is 2.22. The molecule has 1 aliphatic carbocycles. The Bertz CT molecular complexity index is 759. The number of benzene rings is 1. The number of Topliss-reactive ketones (excluding diaryl/α,β-unsaturated/α-hetero) is 1. The lowest BCUT2D eigenvalue weighted by Crippen LogP contribution is -2.38. The Morgan fingerprint density at radius 2 is 1.85 bits per heavy atom. The number of halogens is 1. The van der Waals surface area contributed by atoms with Gasteiger partial charge in [0.25, 0.3) is 0 Å². The summed E-state index contributed by atoms with van der Waals surface area (Å²) >= 11 is 5.99. The molecule has 1 fully saturated rings. The Morgan fingerprint density at radius 3 is 2.46 bits per heavy atom. The van der Waals surface area contributed by atoms with Gasteiger partial charge in [0.05, 0.1) is 12.6 Å². The van der Waals surface area contributed by atoms with Crippen LogP contribution in [0.5, 0.6) is 0 Å². The Kier molecular flexibility index (Phi) is 6.17. The monoisotopic (exact) mass is 374 g/mol. The third-order valence-corrected chi connectivity index (χ3v) is 5.63. The van der Waals surface area contributed by atoms with Crippen molar-refractivity contribution in [2.24, 2.45) is 0 Å². The molecule has 0 amide bonds. The summed E-state index contributed by atoms with van der Waals surface area (Å²) in [6, 6.07) is 10.1. The minimum absolute atomic E-state index is 0.146. The number of methoxy groups -OCH3 is 1. The second-order valence-corrected chi connectivity index (χ2v) is 7.55. The lowest BCUT2D eigenvalue weighted by molar-refractivity contribution is 0.0622. The van der Waals surface area contributed by atoms with E-state index >= 15 is 0 Å². The molecule has 2 aromatic rings. The van der Waals surface area contributed by atoms with Crippen molar-refractivity contribution >= 4 is 17.4 Å². The standard InChI is InChI=1S/C21H27ClN2O2/c1-14-12-20(15(2)24(14)18-8-4-16(22)5-9-18)21(25)13-23-17-6-10-19(26-3)11-7-17/h4-5,8-9,12,17,19,23H,6-7,10-11,13H2,1-3H3. The summed E-state index contributed by atoms with van der Waals surface area (Å²) < 4.78 is 7.51. The number of hydrogen-bond acceptors (Lipinski definition) is 3. The first kappa shape index (κ1) is 19.2.